The summed E-state index contributed by atoms with van der Waals surface area (Å²) >= 11 is 0. The number of halogens is 1. The molecule has 0 spiro atoms. The van der Waals surface area contributed by atoms with Gasteiger partial charge in [0.2, 0.25) is 5.91 Å². The molecule has 1 saturated heterocycles. The topological polar surface area (TPSA) is 59.6 Å². The molecule has 0 aliphatic carbocycles. The van der Waals surface area contributed by atoms with Crippen LogP contribution in [0.5, 0.6) is 11.5 Å². The molecule has 0 aromatic heterocycles. The number of carbonyl (C=O) groups is 1. The van der Waals surface area contributed by atoms with Crippen molar-refractivity contribution in [1.29, 1.82) is 0 Å². The van der Waals surface area contributed by atoms with Crippen LogP contribution in [0.4, 0.5) is 5.69 Å². The number of piperidine rings is 1. The molecule has 6 heteroatoms. The van der Waals surface area contributed by atoms with Gasteiger partial charge in [-0.1, -0.05) is 0 Å². The lowest BCUT2D eigenvalue weighted by Crippen LogP contribution is -2.40. The van der Waals surface area contributed by atoms with Crippen LogP contribution in [-0.4, -0.2) is 31.7 Å². The van der Waals surface area contributed by atoms with Crippen LogP contribution in [-0.2, 0) is 4.79 Å². The summed E-state index contributed by atoms with van der Waals surface area (Å²) in [5.74, 6) is 1.62. The number of hydrogen-bond donors (Lipinski definition) is 2. The Morgan fingerprint density at radius 3 is 2.81 bits per heavy atom. The molecule has 1 aromatic rings. The molecule has 2 atom stereocenters. The first-order valence-corrected chi connectivity index (χ1v) is 7.16. The molecule has 1 amide bonds. The first-order chi connectivity index (χ1) is 9.72. The van der Waals surface area contributed by atoms with Crippen LogP contribution in [0, 0.1) is 5.92 Å². The quantitative estimate of drug-likeness (QED) is 0.879. The molecule has 0 saturated carbocycles. The largest absolute Gasteiger partial charge is 0.486 e. The number of fused-ring (bicyclic) bond motifs is 1. The Hall–Kier alpha value is -1.46. The highest BCUT2D eigenvalue weighted by Gasteiger charge is 2.25. The fourth-order valence-corrected chi connectivity index (χ4v) is 2.74. The van der Waals surface area contributed by atoms with Crippen LogP contribution in [0.25, 0.3) is 0 Å². The lowest BCUT2D eigenvalue weighted by atomic mass is 9.92. The molecule has 2 N–H and O–H groups in total. The van der Waals surface area contributed by atoms with E-state index in [-0.39, 0.29) is 24.2 Å². The SMILES string of the molecule is C[C@H]1C[C@@H](C(=O)Nc2ccc3c(c2)OCCO3)CCN1.Cl. The van der Waals surface area contributed by atoms with Gasteiger partial charge in [-0.3, -0.25) is 4.79 Å². The summed E-state index contributed by atoms with van der Waals surface area (Å²) in [5, 5.41) is 6.34. The summed E-state index contributed by atoms with van der Waals surface area (Å²) in [6.45, 7) is 4.14. The number of rotatable bonds is 2. The van der Waals surface area contributed by atoms with Crippen molar-refractivity contribution in [2.75, 3.05) is 25.1 Å². The number of ether oxygens (including phenoxy) is 2. The minimum absolute atomic E-state index is 0. The molecule has 116 valence electrons. The van der Waals surface area contributed by atoms with Crippen LogP contribution >= 0.6 is 12.4 Å². The maximum atomic E-state index is 12.3. The maximum Gasteiger partial charge on any atom is 0.227 e. The van der Waals surface area contributed by atoms with Gasteiger partial charge >= 0.3 is 0 Å². The van der Waals surface area contributed by atoms with E-state index in [0.29, 0.717) is 25.0 Å². The Bertz CT molecular complexity index is 510. The van der Waals surface area contributed by atoms with Gasteiger partial charge in [0, 0.05) is 23.7 Å². The lowest BCUT2D eigenvalue weighted by molar-refractivity contribution is -0.120. The molecule has 1 fully saturated rings. The molecule has 2 heterocycles. The molecule has 0 bridgehead atoms. The second-order valence-electron chi connectivity index (χ2n) is 5.42. The minimum atomic E-state index is 0. The first kappa shape index (κ1) is 15.9. The van der Waals surface area contributed by atoms with Gasteiger partial charge in [0.15, 0.2) is 11.5 Å². The molecule has 1 aromatic carbocycles. The van der Waals surface area contributed by atoms with Gasteiger partial charge in [-0.25, -0.2) is 0 Å². The molecule has 3 rings (SSSR count). The average molecular weight is 313 g/mol. The van der Waals surface area contributed by atoms with E-state index in [1.54, 1.807) is 0 Å². The summed E-state index contributed by atoms with van der Waals surface area (Å²) < 4.78 is 11.0. The Morgan fingerprint density at radius 1 is 1.29 bits per heavy atom. The Balaban J connectivity index is 0.00000161. The van der Waals surface area contributed by atoms with Crippen molar-refractivity contribution in [2.24, 2.45) is 5.92 Å². The van der Waals surface area contributed by atoms with E-state index in [2.05, 4.69) is 17.6 Å². The van der Waals surface area contributed by atoms with Gasteiger partial charge in [0.05, 0.1) is 0 Å². The normalized spacial score (nSPS) is 23.9. The van der Waals surface area contributed by atoms with E-state index in [0.717, 1.165) is 30.8 Å². The van der Waals surface area contributed by atoms with E-state index in [1.807, 2.05) is 18.2 Å². The van der Waals surface area contributed by atoms with Crippen molar-refractivity contribution >= 4 is 24.0 Å². The van der Waals surface area contributed by atoms with Gasteiger partial charge in [-0.05, 0) is 38.4 Å². The van der Waals surface area contributed by atoms with Gasteiger partial charge in [0.1, 0.15) is 13.2 Å². The van der Waals surface area contributed by atoms with Crippen LogP contribution in [0.15, 0.2) is 18.2 Å². The molecule has 2 aliphatic rings. The van der Waals surface area contributed by atoms with Gasteiger partial charge < -0.3 is 20.1 Å². The van der Waals surface area contributed by atoms with Gasteiger partial charge in [-0.15, -0.1) is 12.4 Å². The third-order valence-electron chi connectivity index (χ3n) is 3.80. The summed E-state index contributed by atoms with van der Waals surface area (Å²) in [6.07, 6.45) is 1.77. The predicted molar refractivity (Wildman–Crippen MR) is 83.5 cm³/mol. The zero-order chi connectivity index (χ0) is 13.9. The highest BCUT2D eigenvalue weighted by Crippen LogP contribution is 2.33. The number of benzene rings is 1. The van der Waals surface area contributed by atoms with Gasteiger partial charge in [0.25, 0.3) is 0 Å². The highest BCUT2D eigenvalue weighted by atomic mass is 35.5. The van der Waals surface area contributed by atoms with Gasteiger partial charge in [-0.2, -0.15) is 0 Å². The van der Waals surface area contributed by atoms with Crippen molar-refractivity contribution in [3.8, 4) is 11.5 Å². The molecular weight excluding hydrogens is 292 g/mol. The minimum Gasteiger partial charge on any atom is -0.486 e. The number of hydrogen-bond acceptors (Lipinski definition) is 4. The fraction of sp³-hybridized carbons (Fsp3) is 0.533. The van der Waals surface area contributed by atoms with E-state index >= 15 is 0 Å². The van der Waals surface area contributed by atoms with E-state index < -0.39 is 0 Å². The molecule has 0 radical (unpaired) electrons. The second-order valence-corrected chi connectivity index (χ2v) is 5.42. The van der Waals surface area contributed by atoms with Crippen molar-refractivity contribution in [1.82, 2.24) is 5.32 Å². The van der Waals surface area contributed by atoms with E-state index in [1.165, 1.54) is 0 Å². The van der Waals surface area contributed by atoms with Crippen LogP contribution < -0.4 is 20.1 Å². The van der Waals surface area contributed by atoms with Crippen molar-refractivity contribution in [3.63, 3.8) is 0 Å². The Morgan fingerprint density at radius 2 is 2.05 bits per heavy atom. The fourth-order valence-electron chi connectivity index (χ4n) is 2.74. The number of amides is 1. The number of nitrogens with one attached hydrogen (secondary N) is 2. The van der Waals surface area contributed by atoms with Crippen molar-refractivity contribution < 1.29 is 14.3 Å². The third kappa shape index (κ3) is 3.80. The van der Waals surface area contributed by atoms with Crippen LogP contribution in [0.1, 0.15) is 19.8 Å². The summed E-state index contributed by atoms with van der Waals surface area (Å²) in [6, 6.07) is 5.93. The van der Waals surface area contributed by atoms with E-state index in [4.69, 9.17) is 9.47 Å². The Kier molecular flexibility index (Phi) is 5.31. The predicted octanol–water partition coefficient (Wildman–Crippen LogP) is 2.21. The highest BCUT2D eigenvalue weighted by molar-refractivity contribution is 5.93. The Labute approximate surface area is 130 Å². The number of carbonyl (C=O) groups excluding carboxylic acids is 1. The summed E-state index contributed by atoms with van der Waals surface area (Å²) in [7, 11) is 0. The number of anilines is 1. The summed E-state index contributed by atoms with van der Waals surface area (Å²) in [5.41, 5.74) is 0.769. The smallest absolute Gasteiger partial charge is 0.227 e. The molecular formula is C15H21ClN2O3. The lowest BCUT2D eigenvalue weighted by Gasteiger charge is -2.27. The molecule has 21 heavy (non-hydrogen) atoms. The second kappa shape index (κ2) is 7.00. The zero-order valence-electron chi connectivity index (χ0n) is 12.1. The molecule has 2 aliphatic heterocycles. The zero-order valence-corrected chi connectivity index (χ0v) is 12.9. The monoisotopic (exact) mass is 312 g/mol. The van der Waals surface area contributed by atoms with E-state index in [9.17, 15) is 4.79 Å². The van der Waals surface area contributed by atoms with Crippen LogP contribution in [0.2, 0.25) is 0 Å². The average Bonchev–Trinajstić information content (AvgIpc) is 2.47. The molecule has 0 unspecified atom stereocenters. The van der Waals surface area contributed by atoms with Crippen molar-refractivity contribution in [2.45, 2.75) is 25.8 Å². The summed E-state index contributed by atoms with van der Waals surface area (Å²) in [4.78, 5) is 12.3. The molecule has 5 nitrogen and oxygen atoms in total. The van der Waals surface area contributed by atoms with Crippen LogP contribution in [0.3, 0.4) is 0 Å². The maximum absolute atomic E-state index is 12.3. The third-order valence-corrected chi connectivity index (χ3v) is 3.80. The standard InChI is InChI=1S/C15H20N2O3.ClH/c1-10-8-11(4-5-16-10)15(18)17-12-2-3-13-14(9-12)20-7-6-19-13;/h2-3,9-11,16H,4-8H2,1H3,(H,17,18);1H/t10-,11-;/m0./s1. The first-order valence-electron chi connectivity index (χ1n) is 7.16. The van der Waals surface area contributed by atoms with Crippen molar-refractivity contribution in [3.05, 3.63) is 18.2 Å².